The molecule has 0 aliphatic carbocycles. The average Bonchev–Trinajstić information content (AvgIpc) is 3.05. The highest BCUT2D eigenvalue weighted by Crippen LogP contribution is 2.29. The molecule has 0 spiro atoms. The fourth-order valence-electron chi connectivity index (χ4n) is 2.50. The van der Waals surface area contributed by atoms with Gasteiger partial charge in [0.15, 0.2) is 5.75 Å². The summed E-state index contributed by atoms with van der Waals surface area (Å²) in [6.07, 6.45) is 0.483. The lowest BCUT2D eigenvalue weighted by atomic mass is 10.1. The Bertz CT molecular complexity index is 651. The molecule has 1 aromatic carbocycles. The van der Waals surface area contributed by atoms with E-state index < -0.39 is 16.8 Å². The van der Waals surface area contributed by atoms with Gasteiger partial charge in [0.05, 0.1) is 23.7 Å². The Kier molecular flexibility index (Phi) is 6.02. The van der Waals surface area contributed by atoms with Crippen LogP contribution in [0.15, 0.2) is 18.2 Å². The van der Waals surface area contributed by atoms with Crippen LogP contribution in [0.25, 0.3) is 0 Å². The molecule has 1 aromatic rings. The van der Waals surface area contributed by atoms with E-state index in [2.05, 4.69) is 0 Å². The lowest BCUT2D eigenvalue weighted by molar-refractivity contribution is -0.385. The Balaban J connectivity index is 1.86. The highest BCUT2D eigenvalue weighted by atomic mass is 32.2. The van der Waals surface area contributed by atoms with E-state index in [9.17, 15) is 19.7 Å². The largest absolute Gasteiger partial charge is 0.490 e. The molecular weight excluding hydrogens is 336 g/mol. The zero-order valence-electron chi connectivity index (χ0n) is 13.1. The molecule has 1 atom stereocenters. The van der Waals surface area contributed by atoms with E-state index in [1.807, 2.05) is 0 Å². The third-order valence-electron chi connectivity index (χ3n) is 3.82. The standard InChI is InChI=1S/C15H18N2O6S/c1-23-13-3-2-10(6-12(13)17(21)22)8-24-9-14(18)16-5-4-11(7-16)15(19)20/h2-3,6,11H,4-5,7-9H2,1H3,(H,19,20). The lowest BCUT2D eigenvalue weighted by Gasteiger charge is -2.15. The summed E-state index contributed by atoms with van der Waals surface area (Å²) in [5, 5.41) is 19.9. The van der Waals surface area contributed by atoms with Gasteiger partial charge >= 0.3 is 11.7 Å². The SMILES string of the molecule is COc1ccc(CSCC(=O)N2CCC(C(=O)O)C2)cc1[N+](=O)[O-]. The maximum absolute atomic E-state index is 12.1. The molecule has 9 heteroatoms. The van der Waals surface area contributed by atoms with E-state index in [1.54, 1.807) is 11.0 Å². The van der Waals surface area contributed by atoms with Gasteiger partial charge in [-0.05, 0) is 18.1 Å². The number of nitrogens with zero attached hydrogens (tertiary/aromatic N) is 2. The van der Waals surface area contributed by atoms with Crippen molar-refractivity contribution >= 4 is 29.3 Å². The van der Waals surface area contributed by atoms with Crippen LogP contribution in [-0.2, 0) is 15.3 Å². The van der Waals surface area contributed by atoms with Gasteiger partial charge in [-0.3, -0.25) is 19.7 Å². The number of carbonyl (C=O) groups is 2. The molecular formula is C15H18N2O6S. The number of carboxylic acid groups (broad SMARTS) is 1. The monoisotopic (exact) mass is 354 g/mol. The van der Waals surface area contributed by atoms with Crippen LogP contribution in [0.1, 0.15) is 12.0 Å². The molecule has 0 bridgehead atoms. The molecule has 1 aliphatic rings. The fourth-order valence-corrected chi connectivity index (χ4v) is 3.38. The van der Waals surface area contributed by atoms with E-state index in [-0.39, 0.29) is 29.6 Å². The van der Waals surface area contributed by atoms with E-state index >= 15 is 0 Å². The maximum Gasteiger partial charge on any atom is 0.311 e. The van der Waals surface area contributed by atoms with Gasteiger partial charge in [-0.1, -0.05) is 6.07 Å². The third-order valence-corrected chi connectivity index (χ3v) is 4.81. The minimum Gasteiger partial charge on any atom is -0.490 e. The number of thioether (sulfide) groups is 1. The molecule has 2 rings (SSSR count). The van der Waals surface area contributed by atoms with E-state index in [4.69, 9.17) is 9.84 Å². The number of hydrogen-bond acceptors (Lipinski definition) is 6. The van der Waals surface area contributed by atoms with Gasteiger partial charge in [-0.25, -0.2) is 0 Å². The van der Waals surface area contributed by atoms with Gasteiger partial charge in [0.25, 0.3) is 0 Å². The second-order valence-corrected chi connectivity index (χ2v) is 6.41. The molecule has 0 aromatic heterocycles. The number of methoxy groups -OCH3 is 1. The first-order chi connectivity index (χ1) is 11.4. The predicted molar refractivity (Wildman–Crippen MR) is 88.1 cm³/mol. The van der Waals surface area contributed by atoms with E-state index in [0.29, 0.717) is 18.7 Å². The molecule has 1 unspecified atom stereocenters. The lowest BCUT2D eigenvalue weighted by Crippen LogP contribution is -2.31. The van der Waals surface area contributed by atoms with Crippen molar-refractivity contribution in [3.63, 3.8) is 0 Å². The average molecular weight is 354 g/mol. The number of ether oxygens (including phenoxy) is 1. The summed E-state index contributed by atoms with van der Waals surface area (Å²) < 4.78 is 4.94. The smallest absolute Gasteiger partial charge is 0.311 e. The summed E-state index contributed by atoms with van der Waals surface area (Å²) in [4.78, 5) is 35.0. The molecule has 1 heterocycles. The quantitative estimate of drug-likeness (QED) is 0.587. The summed E-state index contributed by atoms with van der Waals surface area (Å²) in [5.41, 5.74) is 0.621. The topological polar surface area (TPSA) is 110 Å². The molecule has 1 fully saturated rings. The van der Waals surface area contributed by atoms with Crippen molar-refractivity contribution in [3.8, 4) is 5.75 Å². The number of amides is 1. The van der Waals surface area contributed by atoms with Crippen molar-refractivity contribution in [2.45, 2.75) is 12.2 Å². The maximum atomic E-state index is 12.1. The number of nitro groups is 1. The number of rotatable bonds is 7. The van der Waals surface area contributed by atoms with Gasteiger partial charge < -0.3 is 14.7 Å². The molecule has 8 nitrogen and oxygen atoms in total. The van der Waals surface area contributed by atoms with Gasteiger partial charge in [0.2, 0.25) is 5.91 Å². The van der Waals surface area contributed by atoms with Crippen LogP contribution >= 0.6 is 11.8 Å². The van der Waals surface area contributed by atoms with Crippen molar-refractivity contribution in [1.82, 2.24) is 4.90 Å². The van der Waals surface area contributed by atoms with Crippen LogP contribution in [-0.4, -0.2) is 52.8 Å². The highest BCUT2D eigenvalue weighted by Gasteiger charge is 2.30. The molecule has 0 saturated carbocycles. The Hall–Kier alpha value is -2.29. The third kappa shape index (κ3) is 4.38. The van der Waals surface area contributed by atoms with Crippen molar-refractivity contribution in [1.29, 1.82) is 0 Å². The first-order valence-electron chi connectivity index (χ1n) is 7.32. The second-order valence-electron chi connectivity index (χ2n) is 5.42. The number of likely N-dealkylation sites (tertiary alicyclic amines) is 1. The number of nitro benzene ring substituents is 1. The number of hydrogen-bond donors (Lipinski definition) is 1. The number of aliphatic carboxylic acids is 1. The number of carboxylic acids is 1. The van der Waals surface area contributed by atoms with Crippen molar-refractivity contribution in [3.05, 3.63) is 33.9 Å². The molecule has 1 aliphatic heterocycles. The fraction of sp³-hybridized carbons (Fsp3) is 0.467. The van der Waals surface area contributed by atoms with E-state index in [0.717, 1.165) is 5.56 Å². The number of benzene rings is 1. The van der Waals surface area contributed by atoms with Crippen molar-refractivity contribution in [2.75, 3.05) is 26.0 Å². The number of carbonyl (C=O) groups excluding carboxylic acids is 1. The normalized spacial score (nSPS) is 16.9. The Morgan fingerprint density at radius 2 is 2.25 bits per heavy atom. The Morgan fingerprint density at radius 3 is 2.83 bits per heavy atom. The Morgan fingerprint density at radius 1 is 1.50 bits per heavy atom. The van der Waals surface area contributed by atoms with Crippen molar-refractivity contribution in [2.24, 2.45) is 5.92 Å². The molecule has 1 amide bonds. The Labute approximate surface area is 142 Å². The summed E-state index contributed by atoms with van der Waals surface area (Å²) in [7, 11) is 1.37. The first kappa shape index (κ1) is 18.1. The van der Waals surface area contributed by atoms with Crippen LogP contribution in [0, 0.1) is 16.0 Å². The summed E-state index contributed by atoms with van der Waals surface area (Å²) in [6.45, 7) is 0.715. The zero-order chi connectivity index (χ0) is 17.7. The predicted octanol–water partition coefficient (Wildman–Crippen LogP) is 1.77. The van der Waals surface area contributed by atoms with Crippen LogP contribution in [0.4, 0.5) is 5.69 Å². The molecule has 24 heavy (non-hydrogen) atoms. The molecule has 1 saturated heterocycles. The van der Waals surface area contributed by atoms with Crippen LogP contribution in [0.3, 0.4) is 0 Å². The molecule has 0 radical (unpaired) electrons. The highest BCUT2D eigenvalue weighted by molar-refractivity contribution is 7.99. The van der Waals surface area contributed by atoms with Crippen LogP contribution in [0.2, 0.25) is 0 Å². The second kappa shape index (κ2) is 8.00. The van der Waals surface area contributed by atoms with Gasteiger partial charge in [0.1, 0.15) is 0 Å². The first-order valence-corrected chi connectivity index (χ1v) is 8.47. The summed E-state index contributed by atoms with van der Waals surface area (Å²) in [5.74, 6) is -0.598. The van der Waals surface area contributed by atoms with Gasteiger partial charge in [-0.2, -0.15) is 0 Å². The van der Waals surface area contributed by atoms with E-state index in [1.165, 1.54) is 31.0 Å². The minimum absolute atomic E-state index is 0.105. The molecule has 1 N–H and O–H groups in total. The van der Waals surface area contributed by atoms with Crippen LogP contribution < -0.4 is 4.74 Å². The summed E-state index contributed by atoms with van der Waals surface area (Å²) in [6, 6.07) is 4.69. The zero-order valence-corrected chi connectivity index (χ0v) is 14.0. The summed E-state index contributed by atoms with van der Waals surface area (Å²) >= 11 is 1.34. The van der Waals surface area contributed by atoms with Crippen LogP contribution in [0.5, 0.6) is 5.75 Å². The minimum atomic E-state index is -0.872. The van der Waals surface area contributed by atoms with Crippen molar-refractivity contribution < 1.29 is 24.4 Å². The van der Waals surface area contributed by atoms with Gasteiger partial charge in [0, 0.05) is 24.9 Å². The molecule has 130 valence electrons. The van der Waals surface area contributed by atoms with Gasteiger partial charge in [-0.15, -0.1) is 11.8 Å².